The van der Waals surface area contributed by atoms with Gasteiger partial charge in [-0.15, -0.1) is 0 Å². The van der Waals surface area contributed by atoms with Gasteiger partial charge in [-0.3, -0.25) is 9.69 Å². The highest BCUT2D eigenvalue weighted by Gasteiger charge is 2.23. The number of hydrogen-bond acceptors (Lipinski definition) is 3. The van der Waals surface area contributed by atoms with E-state index in [0.29, 0.717) is 13.0 Å². The van der Waals surface area contributed by atoms with Crippen LogP contribution in [-0.4, -0.2) is 59.6 Å². The van der Waals surface area contributed by atoms with Gasteiger partial charge in [-0.05, 0) is 13.8 Å². The van der Waals surface area contributed by atoms with Gasteiger partial charge in [0.05, 0.1) is 6.10 Å². The van der Waals surface area contributed by atoms with Crippen molar-refractivity contribution < 1.29 is 9.90 Å². The van der Waals surface area contributed by atoms with Gasteiger partial charge in [0, 0.05) is 39.1 Å². The summed E-state index contributed by atoms with van der Waals surface area (Å²) in [6.45, 7) is 6.09. The van der Waals surface area contributed by atoms with Crippen molar-refractivity contribution in [2.45, 2.75) is 32.4 Å². The van der Waals surface area contributed by atoms with E-state index >= 15 is 0 Å². The van der Waals surface area contributed by atoms with Crippen molar-refractivity contribution in [3.05, 3.63) is 0 Å². The van der Waals surface area contributed by atoms with Crippen molar-refractivity contribution in [2.24, 2.45) is 0 Å². The zero-order valence-corrected chi connectivity index (χ0v) is 9.23. The number of aliphatic hydroxyl groups is 1. The largest absolute Gasteiger partial charge is 0.392 e. The lowest BCUT2D eigenvalue weighted by atomic mass is 10.3. The first-order chi connectivity index (χ1) is 6.50. The van der Waals surface area contributed by atoms with E-state index in [-0.39, 0.29) is 18.1 Å². The van der Waals surface area contributed by atoms with Crippen LogP contribution in [0.2, 0.25) is 0 Å². The van der Waals surface area contributed by atoms with Gasteiger partial charge in [-0.2, -0.15) is 0 Å². The Balaban J connectivity index is 2.54. The molecule has 1 heterocycles. The van der Waals surface area contributed by atoms with E-state index in [1.165, 1.54) is 0 Å². The van der Waals surface area contributed by atoms with Crippen LogP contribution >= 0.6 is 0 Å². The third-order valence-corrected chi connectivity index (χ3v) is 2.74. The van der Waals surface area contributed by atoms with E-state index in [4.69, 9.17) is 0 Å². The van der Waals surface area contributed by atoms with Crippen molar-refractivity contribution in [1.29, 1.82) is 0 Å². The first-order valence-electron chi connectivity index (χ1n) is 5.16. The molecule has 1 rings (SSSR count). The Morgan fingerprint density at radius 2 is 2.29 bits per heavy atom. The van der Waals surface area contributed by atoms with Crippen LogP contribution in [0.15, 0.2) is 0 Å². The molecule has 0 aromatic carbocycles. The number of likely N-dealkylation sites (N-methyl/N-ethyl adjacent to an activating group) is 1. The number of carbonyl (C=O) groups is 1. The summed E-state index contributed by atoms with van der Waals surface area (Å²) < 4.78 is 0. The maximum atomic E-state index is 11.5. The lowest BCUT2D eigenvalue weighted by Crippen LogP contribution is -2.40. The van der Waals surface area contributed by atoms with E-state index in [9.17, 15) is 9.90 Å². The van der Waals surface area contributed by atoms with Crippen LogP contribution in [0.4, 0.5) is 0 Å². The molecule has 0 bridgehead atoms. The molecule has 0 aromatic heterocycles. The summed E-state index contributed by atoms with van der Waals surface area (Å²) in [5, 5.41) is 9.27. The van der Waals surface area contributed by atoms with Crippen molar-refractivity contribution >= 4 is 5.91 Å². The molecule has 14 heavy (non-hydrogen) atoms. The second-order valence-corrected chi connectivity index (χ2v) is 4.21. The molecule has 1 N–H and O–H groups in total. The predicted molar refractivity (Wildman–Crippen MR) is 55.0 cm³/mol. The molecule has 4 heteroatoms. The average Bonchev–Trinajstić information content (AvgIpc) is 2.19. The van der Waals surface area contributed by atoms with Gasteiger partial charge < -0.3 is 10.0 Å². The van der Waals surface area contributed by atoms with Crippen LogP contribution in [0.1, 0.15) is 20.3 Å². The standard InChI is InChI=1S/C10H20N2O2/c1-8-6-12(7-9(2)13)5-4-10(14)11(8)3/h8-9,13H,4-7H2,1-3H3. The molecule has 2 unspecified atom stereocenters. The van der Waals surface area contributed by atoms with Gasteiger partial charge in [-0.1, -0.05) is 0 Å². The summed E-state index contributed by atoms with van der Waals surface area (Å²) in [5.41, 5.74) is 0. The minimum Gasteiger partial charge on any atom is -0.392 e. The topological polar surface area (TPSA) is 43.8 Å². The van der Waals surface area contributed by atoms with Gasteiger partial charge in [0.25, 0.3) is 0 Å². The molecule has 1 saturated heterocycles. The molecule has 1 aliphatic rings. The zero-order valence-electron chi connectivity index (χ0n) is 9.23. The number of amides is 1. The summed E-state index contributed by atoms with van der Waals surface area (Å²) in [5.74, 6) is 0.200. The predicted octanol–water partition coefficient (Wildman–Crippen LogP) is -0.0802. The Hall–Kier alpha value is -0.610. The molecule has 0 saturated carbocycles. The maximum Gasteiger partial charge on any atom is 0.223 e. The van der Waals surface area contributed by atoms with E-state index in [1.54, 1.807) is 11.8 Å². The molecule has 1 fully saturated rings. The van der Waals surface area contributed by atoms with Gasteiger partial charge in [0.2, 0.25) is 5.91 Å². The van der Waals surface area contributed by atoms with Crippen LogP contribution in [0.25, 0.3) is 0 Å². The fourth-order valence-electron chi connectivity index (χ4n) is 1.80. The molecule has 4 nitrogen and oxygen atoms in total. The third kappa shape index (κ3) is 2.96. The van der Waals surface area contributed by atoms with Gasteiger partial charge >= 0.3 is 0 Å². The Kier molecular flexibility index (Phi) is 3.89. The minimum atomic E-state index is -0.319. The highest BCUT2D eigenvalue weighted by Crippen LogP contribution is 2.09. The molecule has 82 valence electrons. The van der Waals surface area contributed by atoms with Crippen LogP contribution in [0.5, 0.6) is 0 Å². The lowest BCUT2D eigenvalue weighted by Gasteiger charge is -2.26. The SMILES string of the molecule is CC(O)CN1CCC(=O)N(C)C(C)C1. The number of carbonyl (C=O) groups excluding carboxylic acids is 1. The minimum absolute atomic E-state index is 0.200. The summed E-state index contributed by atoms with van der Waals surface area (Å²) in [6, 6.07) is 0.240. The number of β-amino-alcohol motifs (C(OH)–C–C–N with tert-alkyl or cyclic N) is 1. The van der Waals surface area contributed by atoms with E-state index in [1.807, 2.05) is 14.0 Å². The van der Waals surface area contributed by atoms with Crippen molar-refractivity contribution in [2.75, 3.05) is 26.7 Å². The summed E-state index contributed by atoms with van der Waals surface area (Å²) in [7, 11) is 1.85. The maximum absolute atomic E-state index is 11.5. The van der Waals surface area contributed by atoms with E-state index in [2.05, 4.69) is 4.90 Å². The number of aliphatic hydroxyl groups excluding tert-OH is 1. The van der Waals surface area contributed by atoms with Gasteiger partial charge in [0.15, 0.2) is 0 Å². The van der Waals surface area contributed by atoms with Crippen molar-refractivity contribution in [1.82, 2.24) is 9.80 Å². The Labute approximate surface area is 85.5 Å². The van der Waals surface area contributed by atoms with Gasteiger partial charge in [-0.25, -0.2) is 0 Å². The Morgan fingerprint density at radius 1 is 1.64 bits per heavy atom. The molecule has 0 spiro atoms. The number of nitrogens with zero attached hydrogens (tertiary/aromatic N) is 2. The average molecular weight is 200 g/mol. The molecular weight excluding hydrogens is 180 g/mol. The second kappa shape index (κ2) is 4.75. The van der Waals surface area contributed by atoms with Crippen molar-refractivity contribution in [3.8, 4) is 0 Å². The van der Waals surface area contributed by atoms with Gasteiger partial charge in [0.1, 0.15) is 0 Å². The summed E-state index contributed by atoms with van der Waals surface area (Å²) >= 11 is 0. The Morgan fingerprint density at radius 3 is 2.86 bits per heavy atom. The molecule has 2 atom stereocenters. The first kappa shape index (κ1) is 11.5. The van der Waals surface area contributed by atoms with Crippen molar-refractivity contribution in [3.63, 3.8) is 0 Å². The monoisotopic (exact) mass is 200 g/mol. The number of rotatable bonds is 2. The van der Waals surface area contributed by atoms with Crippen LogP contribution in [0, 0.1) is 0 Å². The Bertz CT molecular complexity index is 206. The molecule has 0 aromatic rings. The molecule has 1 amide bonds. The zero-order chi connectivity index (χ0) is 10.7. The number of hydrogen-bond donors (Lipinski definition) is 1. The van der Waals surface area contributed by atoms with E-state index in [0.717, 1.165) is 13.1 Å². The smallest absolute Gasteiger partial charge is 0.223 e. The molecule has 1 aliphatic heterocycles. The molecule has 0 radical (unpaired) electrons. The first-order valence-corrected chi connectivity index (χ1v) is 5.16. The summed E-state index contributed by atoms with van der Waals surface area (Å²) in [6.07, 6.45) is 0.244. The van der Waals surface area contributed by atoms with Crippen LogP contribution < -0.4 is 0 Å². The summed E-state index contributed by atoms with van der Waals surface area (Å²) in [4.78, 5) is 15.4. The second-order valence-electron chi connectivity index (χ2n) is 4.21. The third-order valence-electron chi connectivity index (χ3n) is 2.74. The fourth-order valence-corrected chi connectivity index (χ4v) is 1.80. The quantitative estimate of drug-likeness (QED) is 0.678. The fraction of sp³-hybridized carbons (Fsp3) is 0.900. The van der Waals surface area contributed by atoms with E-state index < -0.39 is 0 Å². The molecule has 0 aliphatic carbocycles. The van der Waals surface area contributed by atoms with Crippen LogP contribution in [0.3, 0.4) is 0 Å². The van der Waals surface area contributed by atoms with Crippen LogP contribution in [-0.2, 0) is 4.79 Å². The highest BCUT2D eigenvalue weighted by atomic mass is 16.3. The highest BCUT2D eigenvalue weighted by molar-refractivity contribution is 5.76. The lowest BCUT2D eigenvalue weighted by molar-refractivity contribution is -0.130. The molecular formula is C10H20N2O2. The normalized spacial score (nSPS) is 27.6.